The fraction of sp³-hybridized carbons (Fsp3) is 0.600. The highest BCUT2D eigenvalue weighted by molar-refractivity contribution is 6.35. The lowest BCUT2D eigenvalue weighted by molar-refractivity contribution is 0.231. The molecule has 1 aliphatic heterocycles. The minimum Gasteiger partial charge on any atom is -0.489 e. The maximum absolute atomic E-state index is 6.27. The monoisotopic (exact) mass is 316 g/mol. The van der Waals surface area contributed by atoms with Gasteiger partial charge in [0.05, 0.1) is 11.1 Å². The smallest absolute Gasteiger partial charge is 0.141 e. The molecule has 1 heterocycles. The van der Waals surface area contributed by atoms with Crippen molar-refractivity contribution in [2.24, 2.45) is 0 Å². The van der Waals surface area contributed by atoms with E-state index in [1.165, 1.54) is 0 Å². The molecule has 1 saturated heterocycles. The van der Waals surface area contributed by atoms with Gasteiger partial charge < -0.3 is 15.0 Å². The molecular weight excluding hydrogens is 295 g/mol. The fourth-order valence-electron chi connectivity index (χ4n) is 2.38. The molecule has 3 nitrogen and oxygen atoms in total. The Balaban J connectivity index is 2.08. The Kier molecular flexibility index (Phi) is 5.97. The minimum atomic E-state index is 0.103. The van der Waals surface area contributed by atoms with Gasteiger partial charge in [0, 0.05) is 37.7 Å². The summed E-state index contributed by atoms with van der Waals surface area (Å²) in [6, 6.07) is 3.71. The van der Waals surface area contributed by atoms with Crippen molar-refractivity contribution in [2.75, 3.05) is 32.7 Å². The molecule has 5 heteroatoms. The zero-order chi connectivity index (χ0) is 14.5. The number of halogens is 2. The zero-order valence-electron chi connectivity index (χ0n) is 12.1. The quantitative estimate of drug-likeness (QED) is 0.902. The summed E-state index contributed by atoms with van der Waals surface area (Å²) in [5.74, 6) is 0.779. The Morgan fingerprint density at radius 2 is 1.95 bits per heavy atom. The van der Waals surface area contributed by atoms with Gasteiger partial charge in [-0.2, -0.15) is 0 Å². The van der Waals surface area contributed by atoms with Crippen molar-refractivity contribution in [3.8, 4) is 5.75 Å². The van der Waals surface area contributed by atoms with Gasteiger partial charge in [0.25, 0.3) is 0 Å². The third-order valence-corrected chi connectivity index (χ3v) is 3.84. The first-order valence-electron chi connectivity index (χ1n) is 7.14. The third-order valence-electron chi connectivity index (χ3n) is 3.35. The molecule has 0 saturated carbocycles. The van der Waals surface area contributed by atoms with Crippen LogP contribution in [0, 0.1) is 0 Å². The van der Waals surface area contributed by atoms with E-state index < -0.39 is 0 Å². The average molecular weight is 317 g/mol. The zero-order valence-corrected chi connectivity index (χ0v) is 13.6. The summed E-state index contributed by atoms with van der Waals surface area (Å²) < 4.78 is 5.85. The first-order valence-corrected chi connectivity index (χ1v) is 7.89. The fourth-order valence-corrected chi connectivity index (χ4v) is 2.96. The Morgan fingerprint density at radius 1 is 1.25 bits per heavy atom. The molecule has 2 rings (SSSR count). The lowest BCUT2D eigenvalue weighted by Crippen LogP contribution is -2.44. The topological polar surface area (TPSA) is 24.5 Å². The summed E-state index contributed by atoms with van der Waals surface area (Å²) in [6.45, 7) is 9.32. The molecule has 1 aromatic carbocycles. The minimum absolute atomic E-state index is 0.103. The van der Waals surface area contributed by atoms with Crippen LogP contribution in [-0.4, -0.2) is 43.7 Å². The second kappa shape index (κ2) is 7.51. The molecule has 1 N–H and O–H groups in total. The second-order valence-corrected chi connectivity index (χ2v) is 6.23. The van der Waals surface area contributed by atoms with E-state index in [0.29, 0.717) is 10.0 Å². The predicted octanol–water partition coefficient (Wildman–Crippen LogP) is 3.23. The van der Waals surface area contributed by atoms with Gasteiger partial charge in [0.15, 0.2) is 0 Å². The Bertz CT molecular complexity index is 446. The summed E-state index contributed by atoms with van der Waals surface area (Å²) in [5, 5.41) is 4.63. The maximum atomic E-state index is 6.27. The molecule has 0 radical (unpaired) electrons. The number of piperazine rings is 1. The van der Waals surface area contributed by atoms with E-state index in [1.54, 1.807) is 6.07 Å². The van der Waals surface area contributed by atoms with Gasteiger partial charge in [0.1, 0.15) is 5.75 Å². The van der Waals surface area contributed by atoms with E-state index in [4.69, 9.17) is 27.9 Å². The molecule has 1 fully saturated rings. The number of nitrogens with one attached hydrogen (secondary N) is 1. The van der Waals surface area contributed by atoms with Gasteiger partial charge in [-0.05, 0) is 38.0 Å². The van der Waals surface area contributed by atoms with E-state index in [0.717, 1.165) is 50.5 Å². The molecule has 112 valence electrons. The molecular formula is C15H22Cl2N2O. The maximum Gasteiger partial charge on any atom is 0.141 e. The number of hydrogen-bond donors (Lipinski definition) is 1. The number of benzene rings is 1. The van der Waals surface area contributed by atoms with Crippen LogP contribution in [0.15, 0.2) is 12.1 Å². The molecule has 0 amide bonds. The van der Waals surface area contributed by atoms with Gasteiger partial charge in [-0.3, -0.25) is 0 Å². The lowest BCUT2D eigenvalue weighted by atomic mass is 10.1. The summed E-state index contributed by atoms with van der Waals surface area (Å²) in [4.78, 5) is 2.45. The van der Waals surface area contributed by atoms with Crippen LogP contribution in [-0.2, 0) is 6.42 Å². The van der Waals surface area contributed by atoms with E-state index in [1.807, 2.05) is 19.9 Å². The van der Waals surface area contributed by atoms with Crippen molar-refractivity contribution in [1.82, 2.24) is 10.2 Å². The first-order chi connectivity index (χ1) is 9.56. The van der Waals surface area contributed by atoms with Crippen molar-refractivity contribution in [1.29, 1.82) is 0 Å². The number of ether oxygens (including phenoxy) is 1. The Labute approximate surface area is 131 Å². The lowest BCUT2D eigenvalue weighted by Gasteiger charge is -2.27. The predicted molar refractivity (Wildman–Crippen MR) is 85.2 cm³/mol. The summed E-state index contributed by atoms with van der Waals surface area (Å²) in [7, 11) is 0. The molecule has 0 spiro atoms. The Hall–Kier alpha value is -0.480. The van der Waals surface area contributed by atoms with Crippen molar-refractivity contribution < 1.29 is 4.74 Å². The van der Waals surface area contributed by atoms with Crippen LogP contribution >= 0.6 is 23.2 Å². The van der Waals surface area contributed by atoms with E-state index >= 15 is 0 Å². The molecule has 0 aliphatic carbocycles. The van der Waals surface area contributed by atoms with E-state index in [-0.39, 0.29) is 6.10 Å². The van der Waals surface area contributed by atoms with Crippen LogP contribution in [0.25, 0.3) is 0 Å². The highest BCUT2D eigenvalue weighted by atomic mass is 35.5. The Morgan fingerprint density at radius 3 is 2.60 bits per heavy atom. The summed E-state index contributed by atoms with van der Waals surface area (Å²) in [6.07, 6.45) is 1.01. The van der Waals surface area contributed by atoms with Crippen molar-refractivity contribution in [3.05, 3.63) is 27.7 Å². The molecule has 0 atom stereocenters. The van der Waals surface area contributed by atoms with Gasteiger partial charge >= 0.3 is 0 Å². The first kappa shape index (κ1) is 15.9. The van der Waals surface area contributed by atoms with Crippen LogP contribution < -0.4 is 10.1 Å². The number of hydrogen-bond acceptors (Lipinski definition) is 3. The van der Waals surface area contributed by atoms with Gasteiger partial charge in [0.2, 0.25) is 0 Å². The molecule has 0 bridgehead atoms. The molecule has 1 aromatic rings. The SMILES string of the molecule is CC(C)Oc1c(Cl)cc(Cl)cc1CCN1CCNCC1. The number of nitrogens with zero attached hydrogens (tertiary/aromatic N) is 1. The van der Waals surface area contributed by atoms with Crippen molar-refractivity contribution in [3.63, 3.8) is 0 Å². The van der Waals surface area contributed by atoms with Crippen LogP contribution in [0.3, 0.4) is 0 Å². The third kappa shape index (κ3) is 4.52. The standard InChI is InChI=1S/C15H22Cl2N2O/c1-11(2)20-15-12(9-13(16)10-14(15)17)3-6-19-7-4-18-5-8-19/h9-11,18H,3-8H2,1-2H3. The van der Waals surface area contributed by atoms with E-state index in [2.05, 4.69) is 10.2 Å². The normalized spacial score (nSPS) is 16.6. The van der Waals surface area contributed by atoms with Crippen molar-refractivity contribution in [2.45, 2.75) is 26.4 Å². The highest BCUT2D eigenvalue weighted by Crippen LogP contribution is 2.33. The average Bonchev–Trinajstić information content (AvgIpc) is 2.40. The molecule has 0 aromatic heterocycles. The van der Waals surface area contributed by atoms with Crippen LogP contribution in [0.2, 0.25) is 10.0 Å². The summed E-state index contributed by atoms with van der Waals surface area (Å²) >= 11 is 12.4. The van der Waals surface area contributed by atoms with Crippen LogP contribution in [0.1, 0.15) is 19.4 Å². The highest BCUT2D eigenvalue weighted by Gasteiger charge is 2.15. The van der Waals surface area contributed by atoms with Gasteiger partial charge in [-0.1, -0.05) is 23.2 Å². The molecule has 1 aliphatic rings. The molecule has 20 heavy (non-hydrogen) atoms. The van der Waals surface area contributed by atoms with Crippen molar-refractivity contribution >= 4 is 23.2 Å². The second-order valence-electron chi connectivity index (χ2n) is 5.38. The van der Waals surface area contributed by atoms with Gasteiger partial charge in [-0.15, -0.1) is 0 Å². The largest absolute Gasteiger partial charge is 0.489 e. The summed E-state index contributed by atoms with van der Waals surface area (Å²) in [5.41, 5.74) is 1.09. The van der Waals surface area contributed by atoms with E-state index in [9.17, 15) is 0 Å². The van der Waals surface area contributed by atoms with Gasteiger partial charge in [-0.25, -0.2) is 0 Å². The number of rotatable bonds is 5. The van der Waals surface area contributed by atoms with Crippen LogP contribution in [0.4, 0.5) is 0 Å². The van der Waals surface area contributed by atoms with Crippen LogP contribution in [0.5, 0.6) is 5.75 Å². The molecule has 0 unspecified atom stereocenters.